The molecule has 1 amide bonds. The average Bonchev–Trinajstić information content (AvgIpc) is 2.59. The van der Waals surface area contributed by atoms with Gasteiger partial charge in [-0.2, -0.15) is 0 Å². The molecule has 144 valence electrons. The van der Waals surface area contributed by atoms with Crippen molar-refractivity contribution in [1.29, 1.82) is 0 Å². The zero-order valence-electron chi connectivity index (χ0n) is 15.9. The summed E-state index contributed by atoms with van der Waals surface area (Å²) < 4.78 is 33.6. The van der Waals surface area contributed by atoms with Crippen LogP contribution in [0.25, 0.3) is 0 Å². The Morgan fingerprint density at radius 3 is 2.37 bits per heavy atom. The second-order valence-corrected chi connectivity index (χ2v) is 9.52. The Hall–Kier alpha value is -2.54. The van der Waals surface area contributed by atoms with Crippen molar-refractivity contribution in [2.45, 2.75) is 44.2 Å². The van der Waals surface area contributed by atoms with Crippen LogP contribution in [0.4, 0.5) is 5.69 Å². The zero-order chi connectivity index (χ0) is 19.8. The molecule has 1 heterocycles. The van der Waals surface area contributed by atoms with Crippen molar-refractivity contribution in [2.24, 2.45) is 0 Å². The number of ether oxygens (including phenoxy) is 1. The van der Waals surface area contributed by atoms with E-state index in [1.165, 1.54) is 4.31 Å². The highest BCUT2D eigenvalue weighted by Gasteiger charge is 2.38. The lowest BCUT2D eigenvalue weighted by Gasteiger charge is -2.35. The van der Waals surface area contributed by atoms with Crippen LogP contribution in [0, 0.1) is 6.92 Å². The fourth-order valence-corrected chi connectivity index (χ4v) is 4.33. The van der Waals surface area contributed by atoms with Gasteiger partial charge in [-0.25, -0.2) is 8.42 Å². The smallest absolute Gasteiger partial charge is 0.264 e. The van der Waals surface area contributed by atoms with Crippen LogP contribution in [-0.4, -0.2) is 32.5 Å². The fraction of sp³-hybridized carbons (Fsp3) is 0.350. The maximum atomic E-state index is 13.3. The van der Waals surface area contributed by atoms with E-state index in [4.69, 9.17) is 4.74 Å². The summed E-state index contributed by atoms with van der Waals surface area (Å²) in [6.07, 6.45) is -0.931. The number of fused-ring (bicyclic) bond motifs is 1. The quantitative estimate of drug-likeness (QED) is 0.877. The van der Waals surface area contributed by atoms with Crippen molar-refractivity contribution in [3.8, 4) is 5.75 Å². The lowest BCUT2D eigenvalue weighted by Crippen LogP contribution is -2.54. The van der Waals surface area contributed by atoms with Crippen molar-refractivity contribution in [2.75, 3.05) is 10.8 Å². The highest BCUT2D eigenvalue weighted by Crippen LogP contribution is 2.36. The second-order valence-electron chi connectivity index (χ2n) is 7.66. The van der Waals surface area contributed by atoms with Crippen LogP contribution in [0.3, 0.4) is 0 Å². The molecule has 0 radical (unpaired) electrons. The number of para-hydroxylation sites is 2. The van der Waals surface area contributed by atoms with E-state index in [-0.39, 0.29) is 17.3 Å². The minimum absolute atomic E-state index is 0.0882. The normalized spacial score (nSPS) is 17.0. The van der Waals surface area contributed by atoms with Crippen LogP contribution in [0.2, 0.25) is 0 Å². The Balaban J connectivity index is 2.00. The molecule has 0 saturated carbocycles. The Morgan fingerprint density at radius 1 is 1.11 bits per heavy atom. The topological polar surface area (TPSA) is 75.7 Å². The molecule has 27 heavy (non-hydrogen) atoms. The molecule has 0 aliphatic carbocycles. The minimum atomic E-state index is -3.83. The Bertz CT molecular complexity index is 947. The molecule has 0 spiro atoms. The average molecular weight is 388 g/mol. The fourth-order valence-electron chi connectivity index (χ4n) is 2.85. The van der Waals surface area contributed by atoms with Crippen LogP contribution in [-0.2, 0) is 14.8 Å². The van der Waals surface area contributed by atoms with E-state index in [0.717, 1.165) is 5.56 Å². The molecule has 1 aliphatic heterocycles. The molecular weight excluding hydrogens is 364 g/mol. The summed E-state index contributed by atoms with van der Waals surface area (Å²) in [6.45, 7) is 7.40. The van der Waals surface area contributed by atoms with Gasteiger partial charge >= 0.3 is 0 Å². The third kappa shape index (κ3) is 4.08. The third-order valence-electron chi connectivity index (χ3n) is 4.13. The Labute approximate surface area is 160 Å². The first-order valence-electron chi connectivity index (χ1n) is 8.75. The first-order valence-corrected chi connectivity index (χ1v) is 10.2. The number of hydrogen-bond acceptors (Lipinski definition) is 4. The molecule has 0 bridgehead atoms. The number of carbonyl (C=O) groups excluding carboxylic acids is 1. The largest absolute Gasteiger partial charge is 0.476 e. The number of rotatable bonds is 3. The summed E-state index contributed by atoms with van der Waals surface area (Å²) in [7, 11) is -3.83. The summed E-state index contributed by atoms with van der Waals surface area (Å²) in [6, 6.07) is 13.5. The monoisotopic (exact) mass is 388 g/mol. The summed E-state index contributed by atoms with van der Waals surface area (Å²) >= 11 is 0. The van der Waals surface area contributed by atoms with Gasteiger partial charge in [-0.05, 0) is 52.0 Å². The predicted octanol–water partition coefficient (Wildman–Crippen LogP) is 2.87. The van der Waals surface area contributed by atoms with Crippen LogP contribution >= 0.6 is 0 Å². The highest BCUT2D eigenvalue weighted by molar-refractivity contribution is 7.92. The van der Waals surface area contributed by atoms with Crippen molar-refractivity contribution < 1.29 is 17.9 Å². The van der Waals surface area contributed by atoms with E-state index in [0.29, 0.717) is 11.4 Å². The number of benzene rings is 2. The molecule has 0 fully saturated rings. The molecule has 6 nitrogen and oxygen atoms in total. The van der Waals surface area contributed by atoms with Gasteiger partial charge in [0.05, 0.1) is 17.1 Å². The predicted molar refractivity (Wildman–Crippen MR) is 104 cm³/mol. The SMILES string of the molecule is Cc1ccc(S(=O)(=O)N2C[C@@H](C(=O)NC(C)(C)C)Oc3ccccc32)cc1. The lowest BCUT2D eigenvalue weighted by molar-refractivity contribution is -0.129. The van der Waals surface area contributed by atoms with Crippen LogP contribution < -0.4 is 14.4 Å². The minimum Gasteiger partial charge on any atom is -0.476 e. The van der Waals surface area contributed by atoms with E-state index in [1.807, 2.05) is 27.7 Å². The number of hydrogen-bond donors (Lipinski definition) is 1. The molecule has 1 aliphatic rings. The number of aryl methyl sites for hydroxylation is 1. The van der Waals surface area contributed by atoms with E-state index < -0.39 is 21.7 Å². The summed E-state index contributed by atoms with van der Waals surface area (Å²) in [5.74, 6) is 0.0228. The molecule has 3 rings (SSSR count). The van der Waals surface area contributed by atoms with Crippen molar-refractivity contribution >= 4 is 21.6 Å². The maximum Gasteiger partial charge on any atom is 0.264 e. The van der Waals surface area contributed by atoms with Gasteiger partial charge < -0.3 is 10.1 Å². The van der Waals surface area contributed by atoms with Crippen molar-refractivity contribution in [3.05, 3.63) is 54.1 Å². The van der Waals surface area contributed by atoms with Gasteiger partial charge in [0, 0.05) is 5.54 Å². The molecular formula is C20H24N2O4S. The van der Waals surface area contributed by atoms with E-state index in [9.17, 15) is 13.2 Å². The number of nitrogens with one attached hydrogen (secondary N) is 1. The van der Waals surface area contributed by atoms with E-state index >= 15 is 0 Å². The van der Waals surface area contributed by atoms with Gasteiger partial charge in [-0.3, -0.25) is 9.10 Å². The number of anilines is 1. The van der Waals surface area contributed by atoms with Gasteiger partial charge in [0.25, 0.3) is 15.9 Å². The third-order valence-corrected chi connectivity index (χ3v) is 5.93. The number of carbonyl (C=O) groups is 1. The zero-order valence-corrected chi connectivity index (χ0v) is 16.7. The van der Waals surface area contributed by atoms with Gasteiger partial charge in [0.1, 0.15) is 5.75 Å². The lowest BCUT2D eigenvalue weighted by atomic mass is 10.1. The highest BCUT2D eigenvalue weighted by atomic mass is 32.2. The van der Waals surface area contributed by atoms with Crippen molar-refractivity contribution in [1.82, 2.24) is 5.32 Å². The van der Waals surface area contributed by atoms with Crippen molar-refractivity contribution in [3.63, 3.8) is 0 Å². The van der Waals surface area contributed by atoms with Gasteiger partial charge in [0.15, 0.2) is 6.10 Å². The molecule has 1 atom stereocenters. The summed E-state index contributed by atoms with van der Waals surface area (Å²) in [5.41, 5.74) is 0.953. The molecule has 1 N–H and O–H groups in total. The standard InChI is InChI=1S/C20H24N2O4S/c1-14-9-11-15(12-10-14)27(24,25)22-13-18(19(23)21-20(2,3)4)26-17-8-6-5-7-16(17)22/h5-12,18H,13H2,1-4H3,(H,21,23)/t18-/m0/s1. The number of sulfonamides is 1. The van der Waals surface area contributed by atoms with Crippen LogP contribution in [0.5, 0.6) is 5.75 Å². The molecule has 0 saturated heterocycles. The second kappa shape index (κ2) is 6.88. The van der Waals surface area contributed by atoms with E-state index in [2.05, 4.69) is 5.32 Å². The Kier molecular flexibility index (Phi) is 4.90. The molecule has 0 aromatic heterocycles. The first-order chi connectivity index (χ1) is 12.6. The van der Waals surface area contributed by atoms with Gasteiger partial charge in [-0.15, -0.1) is 0 Å². The maximum absolute atomic E-state index is 13.3. The van der Waals surface area contributed by atoms with Gasteiger partial charge in [-0.1, -0.05) is 29.8 Å². The molecule has 0 unspecified atom stereocenters. The summed E-state index contributed by atoms with van der Waals surface area (Å²) in [5, 5.41) is 2.85. The Morgan fingerprint density at radius 2 is 1.74 bits per heavy atom. The number of amides is 1. The molecule has 2 aromatic carbocycles. The van der Waals surface area contributed by atoms with Crippen LogP contribution in [0.1, 0.15) is 26.3 Å². The summed E-state index contributed by atoms with van der Waals surface area (Å²) in [4.78, 5) is 12.8. The first kappa shape index (κ1) is 19.2. The molecule has 7 heteroatoms. The van der Waals surface area contributed by atoms with Crippen LogP contribution in [0.15, 0.2) is 53.4 Å². The van der Waals surface area contributed by atoms with E-state index in [1.54, 1.807) is 48.5 Å². The number of nitrogens with zero attached hydrogens (tertiary/aromatic N) is 1. The molecule has 2 aromatic rings. The van der Waals surface area contributed by atoms with Gasteiger partial charge in [0.2, 0.25) is 0 Å².